The molecule has 0 atom stereocenters. The first-order valence-corrected chi connectivity index (χ1v) is 6.87. The molecule has 0 saturated heterocycles. The Balaban J connectivity index is 2.59. The van der Waals surface area contributed by atoms with E-state index in [1.807, 2.05) is 26.0 Å². The molecule has 0 aliphatic carbocycles. The van der Waals surface area contributed by atoms with E-state index in [2.05, 4.69) is 27.4 Å². The molecule has 0 aliphatic rings. The molecule has 1 aromatic rings. The van der Waals surface area contributed by atoms with Crippen LogP contribution >= 0.6 is 0 Å². The monoisotopic (exact) mass is 264 g/mol. The Hall–Kier alpha value is -1.62. The van der Waals surface area contributed by atoms with Crippen molar-refractivity contribution >= 4 is 11.6 Å². The van der Waals surface area contributed by atoms with Gasteiger partial charge < -0.3 is 10.6 Å². The van der Waals surface area contributed by atoms with Crippen LogP contribution < -0.4 is 10.6 Å². The third-order valence-electron chi connectivity index (χ3n) is 2.77. The third kappa shape index (κ3) is 5.70. The Labute approximate surface area is 115 Å². The second-order valence-electron chi connectivity index (χ2n) is 4.32. The fraction of sp³-hybridized carbons (Fsp3) is 0.571. The largest absolute Gasteiger partial charge is 0.385 e. The molecule has 0 aliphatic heterocycles. The Kier molecular flexibility index (Phi) is 6.89. The molecular formula is C14H24N4O. The minimum Gasteiger partial charge on any atom is -0.385 e. The van der Waals surface area contributed by atoms with Crippen LogP contribution in [0.15, 0.2) is 18.3 Å². The van der Waals surface area contributed by atoms with Crippen molar-refractivity contribution in [3.63, 3.8) is 0 Å². The van der Waals surface area contributed by atoms with E-state index in [9.17, 15) is 4.79 Å². The summed E-state index contributed by atoms with van der Waals surface area (Å²) >= 11 is 0. The maximum Gasteiger partial charge on any atom is 0.234 e. The summed E-state index contributed by atoms with van der Waals surface area (Å²) in [5, 5.41) is 6.08. The molecule has 0 spiro atoms. The van der Waals surface area contributed by atoms with Gasteiger partial charge in [0.1, 0.15) is 0 Å². The summed E-state index contributed by atoms with van der Waals surface area (Å²) in [6.07, 6.45) is 1.80. The van der Waals surface area contributed by atoms with Gasteiger partial charge in [0.2, 0.25) is 5.91 Å². The highest BCUT2D eigenvalue weighted by Gasteiger charge is 2.09. The van der Waals surface area contributed by atoms with Crippen molar-refractivity contribution in [3.05, 3.63) is 24.0 Å². The zero-order valence-electron chi connectivity index (χ0n) is 12.1. The smallest absolute Gasteiger partial charge is 0.234 e. The van der Waals surface area contributed by atoms with Crippen LogP contribution in [0.2, 0.25) is 0 Å². The SMILES string of the molecule is CCNC(=O)CN(CC)Cc1cc(NCC)ccn1. The molecule has 1 heterocycles. The topological polar surface area (TPSA) is 57.3 Å². The van der Waals surface area contributed by atoms with E-state index in [4.69, 9.17) is 0 Å². The number of carbonyl (C=O) groups excluding carboxylic acids is 1. The van der Waals surface area contributed by atoms with Gasteiger partial charge in [-0.1, -0.05) is 6.92 Å². The molecule has 0 radical (unpaired) electrons. The third-order valence-corrected chi connectivity index (χ3v) is 2.77. The number of pyridine rings is 1. The molecule has 19 heavy (non-hydrogen) atoms. The summed E-state index contributed by atoms with van der Waals surface area (Å²) in [6, 6.07) is 3.98. The fourth-order valence-corrected chi connectivity index (χ4v) is 1.84. The molecule has 5 nitrogen and oxygen atoms in total. The predicted molar refractivity (Wildman–Crippen MR) is 78.0 cm³/mol. The van der Waals surface area contributed by atoms with E-state index in [1.54, 1.807) is 6.20 Å². The van der Waals surface area contributed by atoms with Crippen molar-refractivity contribution in [2.45, 2.75) is 27.3 Å². The maximum atomic E-state index is 11.6. The van der Waals surface area contributed by atoms with Crippen LogP contribution in [0.1, 0.15) is 26.5 Å². The second kappa shape index (κ2) is 8.48. The number of hydrogen-bond acceptors (Lipinski definition) is 4. The van der Waals surface area contributed by atoms with Gasteiger partial charge in [-0.25, -0.2) is 0 Å². The quantitative estimate of drug-likeness (QED) is 0.746. The molecule has 106 valence electrons. The second-order valence-corrected chi connectivity index (χ2v) is 4.32. The average molecular weight is 264 g/mol. The zero-order chi connectivity index (χ0) is 14.1. The van der Waals surface area contributed by atoms with Crippen molar-refractivity contribution in [2.24, 2.45) is 0 Å². The van der Waals surface area contributed by atoms with E-state index in [0.717, 1.165) is 24.5 Å². The van der Waals surface area contributed by atoms with Gasteiger partial charge in [0, 0.05) is 31.5 Å². The molecule has 1 amide bonds. The Morgan fingerprint density at radius 3 is 2.74 bits per heavy atom. The summed E-state index contributed by atoms with van der Waals surface area (Å²) in [6.45, 7) is 9.52. The lowest BCUT2D eigenvalue weighted by Gasteiger charge is -2.19. The summed E-state index contributed by atoms with van der Waals surface area (Å²) in [4.78, 5) is 18.0. The first-order chi connectivity index (χ1) is 9.19. The van der Waals surface area contributed by atoms with Crippen LogP contribution in [0.25, 0.3) is 0 Å². The molecular weight excluding hydrogens is 240 g/mol. The highest BCUT2D eigenvalue weighted by Crippen LogP contribution is 2.09. The van der Waals surface area contributed by atoms with Gasteiger partial charge in [-0.05, 0) is 32.5 Å². The van der Waals surface area contributed by atoms with E-state index in [0.29, 0.717) is 19.6 Å². The number of aromatic nitrogens is 1. The van der Waals surface area contributed by atoms with Gasteiger partial charge in [0.25, 0.3) is 0 Å². The van der Waals surface area contributed by atoms with Crippen LogP contribution in [-0.4, -0.2) is 42.0 Å². The van der Waals surface area contributed by atoms with Crippen molar-refractivity contribution in [3.8, 4) is 0 Å². The highest BCUT2D eigenvalue weighted by molar-refractivity contribution is 5.77. The lowest BCUT2D eigenvalue weighted by molar-refractivity contribution is -0.122. The zero-order valence-corrected chi connectivity index (χ0v) is 12.1. The molecule has 0 unspecified atom stereocenters. The van der Waals surface area contributed by atoms with Gasteiger partial charge in [0.05, 0.1) is 12.2 Å². The number of amides is 1. The average Bonchev–Trinajstić information content (AvgIpc) is 2.39. The van der Waals surface area contributed by atoms with Crippen molar-refractivity contribution in [1.29, 1.82) is 0 Å². The minimum absolute atomic E-state index is 0.0622. The molecule has 0 bridgehead atoms. The predicted octanol–water partition coefficient (Wildman–Crippen LogP) is 1.47. The summed E-state index contributed by atoms with van der Waals surface area (Å²) in [5.74, 6) is 0.0622. The number of nitrogens with zero attached hydrogens (tertiary/aromatic N) is 2. The van der Waals surface area contributed by atoms with Gasteiger partial charge in [-0.3, -0.25) is 14.7 Å². The number of rotatable bonds is 8. The lowest BCUT2D eigenvalue weighted by Crippen LogP contribution is -2.36. The normalized spacial score (nSPS) is 10.5. The molecule has 0 fully saturated rings. The molecule has 1 rings (SSSR count). The highest BCUT2D eigenvalue weighted by atomic mass is 16.2. The van der Waals surface area contributed by atoms with Crippen LogP contribution in [0, 0.1) is 0 Å². The number of carbonyl (C=O) groups is 1. The van der Waals surface area contributed by atoms with E-state index in [1.165, 1.54) is 0 Å². The van der Waals surface area contributed by atoms with E-state index < -0.39 is 0 Å². The summed E-state index contributed by atoms with van der Waals surface area (Å²) in [7, 11) is 0. The van der Waals surface area contributed by atoms with Gasteiger partial charge in [-0.15, -0.1) is 0 Å². The van der Waals surface area contributed by atoms with Crippen molar-refractivity contribution < 1.29 is 4.79 Å². The summed E-state index contributed by atoms with van der Waals surface area (Å²) < 4.78 is 0. The first-order valence-electron chi connectivity index (χ1n) is 6.87. The molecule has 0 saturated carbocycles. The van der Waals surface area contributed by atoms with Gasteiger partial charge >= 0.3 is 0 Å². The van der Waals surface area contributed by atoms with Crippen molar-refractivity contribution in [1.82, 2.24) is 15.2 Å². The van der Waals surface area contributed by atoms with Crippen LogP contribution in [0.5, 0.6) is 0 Å². The van der Waals surface area contributed by atoms with Crippen molar-refractivity contribution in [2.75, 3.05) is 31.5 Å². The molecule has 5 heteroatoms. The van der Waals surface area contributed by atoms with E-state index in [-0.39, 0.29) is 5.91 Å². The van der Waals surface area contributed by atoms with E-state index >= 15 is 0 Å². The molecule has 0 aromatic carbocycles. The Morgan fingerprint density at radius 2 is 2.11 bits per heavy atom. The fourth-order valence-electron chi connectivity index (χ4n) is 1.84. The standard InChI is InChI=1S/C14H24N4O/c1-4-15-12-7-8-17-13(9-12)10-18(6-3)11-14(19)16-5-2/h7-9H,4-6,10-11H2,1-3H3,(H,15,17)(H,16,19). The first kappa shape index (κ1) is 15.4. The number of hydrogen-bond donors (Lipinski definition) is 2. The van der Waals surface area contributed by atoms with Gasteiger partial charge in [-0.2, -0.15) is 0 Å². The van der Waals surface area contributed by atoms with Crippen LogP contribution in [-0.2, 0) is 11.3 Å². The minimum atomic E-state index is 0.0622. The van der Waals surface area contributed by atoms with Crippen LogP contribution in [0.4, 0.5) is 5.69 Å². The van der Waals surface area contributed by atoms with Gasteiger partial charge in [0.15, 0.2) is 0 Å². The number of nitrogens with one attached hydrogen (secondary N) is 2. The maximum absolute atomic E-state index is 11.6. The Bertz CT molecular complexity index is 395. The van der Waals surface area contributed by atoms with Crippen LogP contribution in [0.3, 0.4) is 0 Å². The Morgan fingerprint density at radius 1 is 1.32 bits per heavy atom. The molecule has 2 N–H and O–H groups in total. The molecule has 1 aromatic heterocycles. The number of likely N-dealkylation sites (N-methyl/N-ethyl adjacent to an activating group) is 2. The lowest BCUT2D eigenvalue weighted by atomic mass is 10.3. The number of anilines is 1. The summed E-state index contributed by atoms with van der Waals surface area (Å²) in [5.41, 5.74) is 2.05.